The smallest absolute Gasteiger partial charge is 0.119 e. The van der Waals surface area contributed by atoms with Crippen molar-refractivity contribution in [3.05, 3.63) is 84.2 Å². The van der Waals surface area contributed by atoms with Crippen LogP contribution in [0.5, 0.6) is 5.75 Å². The molecular weight excluding hydrogens is 296 g/mol. The van der Waals surface area contributed by atoms with Gasteiger partial charge in [0.05, 0.1) is 13.2 Å². The number of aryl methyl sites for hydroxylation is 1. The SMILES string of the molecule is c1ccc(CCCCCOc2cccc(Cn3cccn3)c2)cc1. The summed E-state index contributed by atoms with van der Waals surface area (Å²) < 4.78 is 7.81. The van der Waals surface area contributed by atoms with Gasteiger partial charge in [-0.3, -0.25) is 4.68 Å². The molecule has 3 rings (SSSR count). The summed E-state index contributed by atoms with van der Waals surface area (Å²) >= 11 is 0. The van der Waals surface area contributed by atoms with E-state index in [-0.39, 0.29) is 0 Å². The summed E-state index contributed by atoms with van der Waals surface area (Å²) in [5.74, 6) is 0.947. The molecule has 124 valence electrons. The maximum absolute atomic E-state index is 5.89. The molecule has 0 saturated heterocycles. The maximum Gasteiger partial charge on any atom is 0.119 e. The summed E-state index contributed by atoms with van der Waals surface area (Å²) in [6.45, 7) is 1.56. The molecule has 1 aromatic heterocycles. The predicted molar refractivity (Wildman–Crippen MR) is 97.3 cm³/mol. The lowest BCUT2D eigenvalue weighted by atomic mass is 10.1. The van der Waals surface area contributed by atoms with E-state index < -0.39 is 0 Å². The van der Waals surface area contributed by atoms with E-state index in [1.165, 1.54) is 24.0 Å². The highest BCUT2D eigenvalue weighted by molar-refractivity contribution is 5.28. The molecule has 1 heterocycles. The van der Waals surface area contributed by atoms with Crippen molar-refractivity contribution in [3.8, 4) is 5.75 Å². The zero-order chi connectivity index (χ0) is 16.5. The van der Waals surface area contributed by atoms with Gasteiger partial charge in [0.2, 0.25) is 0 Å². The first-order valence-corrected chi connectivity index (χ1v) is 8.63. The number of hydrogen-bond acceptors (Lipinski definition) is 2. The van der Waals surface area contributed by atoms with Gasteiger partial charge in [-0.2, -0.15) is 5.10 Å². The van der Waals surface area contributed by atoms with Crippen molar-refractivity contribution in [2.75, 3.05) is 6.61 Å². The lowest BCUT2D eigenvalue weighted by Crippen LogP contribution is -2.01. The van der Waals surface area contributed by atoms with Gasteiger partial charge in [-0.05, 0) is 55.0 Å². The molecule has 2 aromatic carbocycles. The molecule has 0 aliphatic heterocycles. The second-order valence-corrected chi connectivity index (χ2v) is 6.00. The fourth-order valence-corrected chi connectivity index (χ4v) is 2.76. The number of benzene rings is 2. The minimum Gasteiger partial charge on any atom is -0.494 e. The Morgan fingerprint density at radius 1 is 0.833 bits per heavy atom. The minimum atomic E-state index is 0.778. The molecule has 0 spiro atoms. The van der Waals surface area contributed by atoms with Crippen LogP contribution < -0.4 is 4.74 Å². The number of ether oxygens (including phenoxy) is 1. The van der Waals surface area contributed by atoms with Crippen LogP contribution in [0.2, 0.25) is 0 Å². The summed E-state index contributed by atoms with van der Waals surface area (Å²) in [5, 5.41) is 4.24. The van der Waals surface area contributed by atoms with E-state index in [4.69, 9.17) is 4.74 Å². The third-order valence-corrected chi connectivity index (χ3v) is 4.02. The van der Waals surface area contributed by atoms with Gasteiger partial charge in [-0.25, -0.2) is 0 Å². The van der Waals surface area contributed by atoms with Crippen LogP contribution in [0.1, 0.15) is 30.4 Å². The Kier molecular flexibility index (Phi) is 6.06. The van der Waals surface area contributed by atoms with E-state index in [1.807, 2.05) is 29.1 Å². The van der Waals surface area contributed by atoms with Crippen LogP contribution in [0.15, 0.2) is 73.1 Å². The molecule has 3 aromatic rings. The minimum absolute atomic E-state index is 0.778. The van der Waals surface area contributed by atoms with Crippen molar-refractivity contribution in [2.45, 2.75) is 32.2 Å². The van der Waals surface area contributed by atoms with Gasteiger partial charge in [0.1, 0.15) is 5.75 Å². The van der Waals surface area contributed by atoms with Crippen molar-refractivity contribution in [1.82, 2.24) is 9.78 Å². The van der Waals surface area contributed by atoms with Crippen molar-refractivity contribution in [3.63, 3.8) is 0 Å². The van der Waals surface area contributed by atoms with E-state index in [2.05, 4.69) is 47.6 Å². The summed E-state index contributed by atoms with van der Waals surface area (Å²) in [4.78, 5) is 0. The third kappa shape index (κ3) is 5.27. The van der Waals surface area contributed by atoms with Gasteiger partial charge < -0.3 is 4.74 Å². The first-order valence-electron chi connectivity index (χ1n) is 8.63. The van der Waals surface area contributed by atoms with Gasteiger partial charge in [-0.1, -0.05) is 42.5 Å². The van der Waals surface area contributed by atoms with Crippen LogP contribution in [0, 0.1) is 0 Å². The van der Waals surface area contributed by atoms with Gasteiger partial charge in [0.15, 0.2) is 0 Å². The fraction of sp³-hybridized carbons (Fsp3) is 0.286. The van der Waals surface area contributed by atoms with Crippen LogP contribution in [-0.2, 0) is 13.0 Å². The Hall–Kier alpha value is -2.55. The number of hydrogen-bond donors (Lipinski definition) is 0. The zero-order valence-electron chi connectivity index (χ0n) is 14.0. The summed E-state index contributed by atoms with van der Waals surface area (Å²) in [5.41, 5.74) is 2.63. The van der Waals surface area contributed by atoms with Crippen LogP contribution in [0.25, 0.3) is 0 Å². The standard InChI is InChI=1S/C21H24N2O/c1-3-9-19(10-4-1)11-5-2-6-16-24-21-13-7-12-20(17-21)18-23-15-8-14-22-23/h1,3-4,7-10,12-15,17H,2,5-6,11,16,18H2. The molecular formula is C21H24N2O. The summed E-state index contributed by atoms with van der Waals surface area (Å²) in [6, 6.07) is 20.9. The molecule has 3 nitrogen and oxygen atoms in total. The quantitative estimate of drug-likeness (QED) is 0.533. The van der Waals surface area contributed by atoms with Gasteiger partial charge in [-0.15, -0.1) is 0 Å². The topological polar surface area (TPSA) is 27.1 Å². The Labute approximate surface area is 143 Å². The maximum atomic E-state index is 5.89. The van der Waals surface area contributed by atoms with Gasteiger partial charge in [0.25, 0.3) is 0 Å². The van der Waals surface area contributed by atoms with E-state index >= 15 is 0 Å². The number of rotatable bonds is 9. The van der Waals surface area contributed by atoms with Crippen molar-refractivity contribution < 1.29 is 4.74 Å². The second-order valence-electron chi connectivity index (χ2n) is 6.00. The highest BCUT2D eigenvalue weighted by Crippen LogP contribution is 2.15. The van der Waals surface area contributed by atoms with E-state index in [9.17, 15) is 0 Å². The Balaban J connectivity index is 1.36. The highest BCUT2D eigenvalue weighted by Gasteiger charge is 1.99. The van der Waals surface area contributed by atoms with Crippen molar-refractivity contribution in [2.24, 2.45) is 0 Å². The number of nitrogens with zero attached hydrogens (tertiary/aromatic N) is 2. The lowest BCUT2D eigenvalue weighted by molar-refractivity contribution is 0.305. The van der Waals surface area contributed by atoms with Gasteiger partial charge >= 0.3 is 0 Å². The lowest BCUT2D eigenvalue weighted by Gasteiger charge is -2.08. The number of aromatic nitrogens is 2. The first kappa shape index (κ1) is 16.3. The molecule has 0 unspecified atom stereocenters. The normalized spacial score (nSPS) is 10.7. The molecule has 0 aliphatic rings. The fourth-order valence-electron chi connectivity index (χ4n) is 2.76. The van der Waals surface area contributed by atoms with Crippen LogP contribution >= 0.6 is 0 Å². The monoisotopic (exact) mass is 320 g/mol. The zero-order valence-corrected chi connectivity index (χ0v) is 14.0. The average molecular weight is 320 g/mol. The largest absolute Gasteiger partial charge is 0.494 e. The van der Waals surface area contributed by atoms with Crippen molar-refractivity contribution >= 4 is 0 Å². The Bertz CT molecular complexity index is 708. The van der Waals surface area contributed by atoms with Gasteiger partial charge in [0, 0.05) is 12.4 Å². The molecule has 0 aliphatic carbocycles. The van der Waals surface area contributed by atoms with Crippen molar-refractivity contribution in [1.29, 1.82) is 0 Å². The molecule has 0 radical (unpaired) electrons. The van der Waals surface area contributed by atoms with Crippen LogP contribution in [-0.4, -0.2) is 16.4 Å². The molecule has 3 heteroatoms. The molecule has 0 bridgehead atoms. The van der Waals surface area contributed by atoms with Crippen LogP contribution in [0.4, 0.5) is 0 Å². The molecule has 0 amide bonds. The summed E-state index contributed by atoms with van der Waals surface area (Å²) in [7, 11) is 0. The molecule has 0 atom stereocenters. The highest BCUT2D eigenvalue weighted by atomic mass is 16.5. The van der Waals surface area contributed by atoms with E-state index in [0.717, 1.165) is 31.7 Å². The first-order chi connectivity index (χ1) is 11.9. The van der Waals surface area contributed by atoms with Crippen LogP contribution in [0.3, 0.4) is 0 Å². The Morgan fingerprint density at radius 3 is 2.54 bits per heavy atom. The summed E-state index contributed by atoms with van der Waals surface area (Å²) in [6.07, 6.45) is 8.43. The van der Waals surface area contributed by atoms with E-state index in [1.54, 1.807) is 6.20 Å². The third-order valence-electron chi connectivity index (χ3n) is 4.02. The van der Waals surface area contributed by atoms with E-state index in [0.29, 0.717) is 0 Å². The molecule has 24 heavy (non-hydrogen) atoms. The Morgan fingerprint density at radius 2 is 1.71 bits per heavy atom. The average Bonchev–Trinajstić information content (AvgIpc) is 3.12. The second kappa shape index (κ2) is 8.92. The molecule has 0 saturated carbocycles. The molecule has 0 fully saturated rings. The molecule has 0 N–H and O–H groups in total. The number of unbranched alkanes of at least 4 members (excludes halogenated alkanes) is 2. The predicted octanol–water partition coefficient (Wildman–Crippen LogP) is 4.72.